The Morgan fingerprint density at radius 1 is 2.00 bits per heavy atom. The van der Waals surface area contributed by atoms with Crippen molar-refractivity contribution in [2.75, 3.05) is 6.61 Å². The fourth-order valence-corrected chi connectivity index (χ4v) is 0.237. The summed E-state index contributed by atoms with van der Waals surface area (Å²) in [7, 11) is 0. The third-order valence-corrected chi connectivity index (χ3v) is 0.550. The Hall–Kier alpha value is -0.770. The van der Waals surface area contributed by atoms with Crippen molar-refractivity contribution in [2.45, 2.75) is 6.29 Å². The topological polar surface area (TPSA) is 64.9 Å². The van der Waals surface area contributed by atoms with Gasteiger partial charge in [-0.3, -0.25) is 0 Å². The molecule has 0 aliphatic carbocycles. The molecule has 0 aromatic heterocycles. The van der Waals surface area contributed by atoms with Crippen molar-refractivity contribution in [3.05, 3.63) is 0 Å². The van der Waals surface area contributed by atoms with E-state index in [1.54, 1.807) is 0 Å². The van der Waals surface area contributed by atoms with Crippen LogP contribution in [0.25, 0.3) is 0 Å². The highest BCUT2D eigenvalue weighted by atomic mass is 16.8. The van der Waals surface area contributed by atoms with Gasteiger partial charge in [-0.25, -0.2) is 4.79 Å². The van der Waals surface area contributed by atoms with Crippen LogP contribution in [0.2, 0.25) is 0 Å². The van der Waals surface area contributed by atoms with Crippen LogP contribution in [-0.4, -0.2) is 19.0 Å². The van der Waals surface area contributed by atoms with E-state index in [-0.39, 0.29) is 6.29 Å². The Labute approximate surface area is 40.2 Å². The number of hydrogen-bond acceptors (Lipinski definition) is 3. The van der Waals surface area contributed by atoms with E-state index in [4.69, 9.17) is 0 Å². The summed E-state index contributed by atoms with van der Waals surface area (Å²) >= 11 is 0. The van der Waals surface area contributed by atoms with Crippen molar-refractivity contribution in [3.8, 4) is 0 Å². The molecule has 1 amide bonds. The largest absolute Gasteiger partial charge is 0.417 e. The van der Waals surface area contributed by atoms with Crippen LogP contribution >= 0.6 is 0 Å². The first-order chi connectivity index (χ1) is 3.29. The smallest absolute Gasteiger partial charge is 0.406 e. The normalized spacial score (nSPS) is 26.6. The zero-order valence-electron chi connectivity index (χ0n) is 3.59. The molecule has 0 bridgehead atoms. The number of ether oxygens (including phenoxy) is 2. The summed E-state index contributed by atoms with van der Waals surface area (Å²) < 4.78 is 8.77. The maximum Gasteiger partial charge on any atom is 0.406 e. The zero-order chi connectivity index (χ0) is 5.28. The van der Waals surface area contributed by atoms with Gasteiger partial charge in [0.2, 0.25) is 6.29 Å². The highest BCUT2D eigenvalue weighted by Gasteiger charge is 2.25. The van der Waals surface area contributed by atoms with Crippen LogP contribution in [0.4, 0.5) is 4.79 Å². The van der Waals surface area contributed by atoms with E-state index in [0.29, 0.717) is 6.61 Å². The van der Waals surface area contributed by atoms with E-state index in [2.05, 4.69) is 15.2 Å². The molecule has 0 radical (unpaired) electrons. The lowest BCUT2D eigenvalue weighted by Crippen LogP contribution is -2.14. The predicted molar refractivity (Wildman–Crippen MR) is 20.4 cm³/mol. The standard InChI is InChI=1S/C3H5NO3/c4-3(5)7-2-1-6-2/h2H,1H2,(H2,4,5). The van der Waals surface area contributed by atoms with Gasteiger partial charge in [0.25, 0.3) is 0 Å². The molecule has 1 aliphatic rings. The van der Waals surface area contributed by atoms with Gasteiger partial charge >= 0.3 is 6.09 Å². The SMILES string of the molecule is NC(=O)OC1CO1. The van der Waals surface area contributed by atoms with Crippen LogP contribution in [0.3, 0.4) is 0 Å². The lowest BCUT2D eigenvalue weighted by atomic mass is 10.9. The molecule has 7 heavy (non-hydrogen) atoms. The summed E-state index contributed by atoms with van der Waals surface area (Å²) in [4.78, 5) is 9.77. The van der Waals surface area contributed by atoms with Crippen molar-refractivity contribution in [1.29, 1.82) is 0 Å². The lowest BCUT2D eigenvalue weighted by Gasteiger charge is -1.88. The maximum absolute atomic E-state index is 9.77. The summed E-state index contributed by atoms with van der Waals surface area (Å²) in [6, 6.07) is 0. The molecule has 1 fully saturated rings. The number of amides is 1. The molecule has 1 unspecified atom stereocenters. The Kier molecular flexibility index (Phi) is 0.867. The Balaban J connectivity index is 2.08. The molecule has 1 atom stereocenters. The number of hydrogen-bond donors (Lipinski definition) is 1. The number of primary amides is 1. The maximum atomic E-state index is 9.77. The average molecular weight is 103 g/mol. The van der Waals surface area contributed by atoms with Crippen LogP contribution < -0.4 is 5.73 Å². The minimum atomic E-state index is -0.775. The third-order valence-electron chi connectivity index (χ3n) is 0.550. The summed E-state index contributed by atoms with van der Waals surface area (Å²) in [6.45, 7) is 0.489. The summed E-state index contributed by atoms with van der Waals surface area (Å²) in [5, 5.41) is 0. The molecule has 1 aliphatic heterocycles. The minimum absolute atomic E-state index is 0.350. The van der Waals surface area contributed by atoms with Gasteiger partial charge in [-0.1, -0.05) is 0 Å². The van der Waals surface area contributed by atoms with Gasteiger partial charge in [-0.2, -0.15) is 0 Å². The number of epoxide rings is 1. The van der Waals surface area contributed by atoms with Crippen LogP contribution in [0.5, 0.6) is 0 Å². The van der Waals surface area contributed by atoms with Crippen molar-refractivity contribution in [2.24, 2.45) is 5.73 Å². The van der Waals surface area contributed by atoms with Crippen molar-refractivity contribution in [1.82, 2.24) is 0 Å². The van der Waals surface area contributed by atoms with Gasteiger partial charge in [0, 0.05) is 0 Å². The molecule has 0 spiro atoms. The van der Waals surface area contributed by atoms with Gasteiger partial charge in [0.05, 0.1) is 0 Å². The van der Waals surface area contributed by atoms with Gasteiger partial charge in [-0.05, 0) is 0 Å². The fourth-order valence-electron chi connectivity index (χ4n) is 0.237. The summed E-state index contributed by atoms with van der Waals surface area (Å²) in [5.74, 6) is 0. The van der Waals surface area contributed by atoms with Gasteiger partial charge in [0.1, 0.15) is 6.61 Å². The number of carbonyl (C=O) groups is 1. The zero-order valence-corrected chi connectivity index (χ0v) is 3.59. The Morgan fingerprint density at radius 2 is 2.57 bits per heavy atom. The van der Waals surface area contributed by atoms with Crippen LogP contribution in [0, 0.1) is 0 Å². The van der Waals surface area contributed by atoms with Gasteiger partial charge < -0.3 is 15.2 Å². The molecule has 1 saturated heterocycles. The van der Waals surface area contributed by atoms with E-state index in [1.165, 1.54) is 0 Å². The molecule has 0 aromatic carbocycles. The van der Waals surface area contributed by atoms with E-state index in [9.17, 15) is 4.79 Å². The molecule has 2 N–H and O–H groups in total. The second kappa shape index (κ2) is 1.38. The van der Waals surface area contributed by atoms with E-state index < -0.39 is 6.09 Å². The Morgan fingerprint density at radius 3 is 2.71 bits per heavy atom. The molecule has 0 saturated carbocycles. The quantitative estimate of drug-likeness (QED) is 0.452. The van der Waals surface area contributed by atoms with E-state index in [1.807, 2.05) is 0 Å². The number of carbonyl (C=O) groups excluding carboxylic acids is 1. The van der Waals surface area contributed by atoms with Crippen molar-refractivity contribution >= 4 is 6.09 Å². The monoisotopic (exact) mass is 103 g/mol. The third kappa shape index (κ3) is 1.41. The molecule has 1 heterocycles. The highest BCUT2D eigenvalue weighted by Crippen LogP contribution is 2.08. The molecular weight excluding hydrogens is 98.0 g/mol. The first kappa shape index (κ1) is 4.39. The number of rotatable bonds is 1. The number of nitrogens with two attached hydrogens (primary N) is 1. The second-order valence-electron chi connectivity index (χ2n) is 1.20. The lowest BCUT2D eigenvalue weighted by molar-refractivity contribution is 0.100. The van der Waals surface area contributed by atoms with Crippen molar-refractivity contribution < 1.29 is 14.3 Å². The predicted octanol–water partition coefficient (Wildman–Crippen LogP) is -0.562. The summed E-state index contributed by atoms with van der Waals surface area (Å²) in [5.41, 5.74) is 4.59. The van der Waals surface area contributed by atoms with Gasteiger partial charge in [-0.15, -0.1) is 0 Å². The highest BCUT2D eigenvalue weighted by molar-refractivity contribution is 5.64. The fraction of sp³-hybridized carbons (Fsp3) is 0.667. The molecule has 0 aromatic rings. The molecule has 1 rings (SSSR count). The minimum Gasteiger partial charge on any atom is -0.417 e. The molecule has 40 valence electrons. The van der Waals surface area contributed by atoms with E-state index >= 15 is 0 Å². The van der Waals surface area contributed by atoms with Gasteiger partial charge in [0.15, 0.2) is 0 Å². The molecule has 4 heteroatoms. The van der Waals surface area contributed by atoms with Crippen molar-refractivity contribution in [3.63, 3.8) is 0 Å². The van der Waals surface area contributed by atoms with Crippen LogP contribution in [-0.2, 0) is 9.47 Å². The van der Waals surface area contributed by atoms with E-state index in [0.717, 1.165) is 0 Å². The second-order valence-corrected chi connectivity index (χ2v) is 1.20. The average Bonchev–Trinajstić information content (AvgIpc) is 2.17. The van der Waals surface area contributed by atoms with Crippen LogP contribution in [0.15, 0.2) is 0 Å². The summed E-state index contributed by atoms with van der Waals surface area (Å²) in [6.07, 6.45) is -1.13. The first-order valence-corrected chi connectivity index (χ1v) is 1.87. The van der Waals surface area contributed by atoms with Crippen LogP contribution in [0.1, 0.15) is 0 Å². The first-order valence-electron chi connectivity index (χ1n) is 1.87. The molecule has 4 nitrogen and oxygen atoms in total. The molecular formula is C3H5NO3. The Bertz CT molecular complexity index is 88.2.